The molecule has 0 radical (unpaired) electrons. The van der Waals surface area contributed by atoms with Crippen molar-refractivity contribution < 1.29 is 14.6 Å². The van der Waals surface area contributed by atoms with Gasteiger partial charge >= 0.3 is 0 Å². The van der Waals surface area contributed by atoms with Crippen LogP contribution in [0.5, 0.6) is 5.75 Å². The van der Waals surface area contributed by atoms with E-state index in [-0.39, 0.29) is 25.2 Å². The Morgan fingerprint density at radius 2 is 2.29 bits per heavy atom. The maximum Gasteiger partial charge on any atom is 0.258 e. The minimum atomic E-state index is -0.286. The number of rotatable bonds is 5. The van der Waals surface area contributed by atoms with E-state index in [2.05, 4.69) is 5.32 Å². The fourth-order valence-corrected chi connectivity index (χ4v) is 1.58. The van der Waals surface area contributed by atoms with Crippen LogP contribution in [0.15, 0.2) is 18.2 Å². The third-order valence-corrected chi connectivity index (χ3v) is 2.49. The summed E-state index contributed by atoms with van der Waals surface area (Å²) in [7, 11) is 0. The lowest BCUT2D eigenvalue weighted by molar-refractivity contribution is -0.123. The van der Waals surface area contributed by atoms with Crippen LogP contribution in [0.2, 0.25) is 5.02 Å². The molecule has 0 bridgehead atoms. The summed E-state index contributed by atoms with van der Waals surface area (Å²) in [6, 6.07) is 5.10. The molecule has 0 saturated heterocycles. The highest BCUT2D eigenvalue weighted by molar-refractivity contribution is 6.32. The molecule has 4 nitrogen and oxygen atoms in total. The van der Waals surface area contributed by atoms with Gasteiger partial charge in [0.1, 0.15) is 5.75 Å². The second-order valence-corrected chi connectivity index (χ2v) is 4.23. The predicted molar refractivity (Wildman–Crippen MR) is 66.4 cm³/mol. The quantitative estimate of drug-likeness (QED) is 0.841. The van der Waals surface area contributed by atoms with Crippen molar-refractivity contribution in [2.24, 2.45) is 0 Å². The van der Waals surface area contributed by atoms with Crippen molar-refractivity contribution in [1.82, 2.24) is 5.32 Å². The number of hydrogen-bond donors (Lipinski definition) is 2. The topological polar surface area (TPSA) is 58.6 Å². The highest BCUT2D eigenvalue weighted by Crippen LogP contribution is 2.27. The summed E-state index contributed by atoms with van der Waals surface area (Å²) in [6.45, 7) is 3.35. The largest absolute Gasteiger partial charge is 0.482 e. The van der Waals surface area contributed by atoms with Gasteiger partial charge in [0.05, 0.1) is 11.6 Å². The van der Waals surface area contributed by atoms with Gasteiger partial charge in [0.25, 0.3) is 5.91 Å². The highest BCUT2D eigenvalue weighted by atomic mass is 35.5. The summed E-state index contributed by atoms with van der Waals surface area (Å²) in [5.74, 6) is 0.229. The van der Waals surface area contributed by atoms with E-state index < -0.39 is 0 Å². The fourth-order valence-electron chi connectivity index (χ4n) is 1.30. The molecule has 0 spiro atoms. The van der Waals surface area contributed by atoms with Gasteiger partial charge in [0.15, 0.2) is 6.61 Å². The molecule has 1 atom stereocenters. The van der Waals surface area contributed by atoms with Gasteiger partial charge in [-0.05, 0) is 25.5 Å². The summed E-state index contributed by atoms with van der Waals surface area (Å²) in [4.78, 5) is 11.4. The average molecular weight is 258 g/mol. The molecule has 0 aliphatic carbocycles. The molecule has 0 saturated carbocycles. The van der Waals surface area contributed by atoms with Gasteiger partial charge in [0.2, 0.25) is 0 Å². The van der Waals surface area contributed by atoms with Gasteiger partial charge in [-0.15, -0.1) is 0 Å². The molecule has 17 heavy (non-hydrogen) atoms. The molecule has 0 aliphatic rings. The number of carbonyl (C=O) groups excluding carboxylic acids is 1. The van der Waals surface area contributed by atoms with Crippen LogP contribution < -0.4 is 10.1 Å². The first-order chi connectivity index (χ1) is 8.04. The predicted octanol–water partition coefficient (Wildman–Crippen LogP) is 1.52. The van der Waals surface area contributed by atoms with E-state index in [4.69, 9.17) is 21.4 Å². The number of ether oxygens (including phenoxy) is 1. The molecule has 0 fully saturated rings. The van der Waals surface area contributed by atoms with Crippen LogP contribution in [0.1, 0.15) is 12.5 Å². The van der Waals surface area contributed by atoms with Crippen LogP contribution in [0.3, 0.4) is 0 Å². The van der Waals surface area contributed by atoms with E-state index in [1.807, 2.05) is 19.1 Å². The molecule has 0 heterocycles. The Hall–Kier alpha value is -1.26. The monoisotopic (exact) mass is 257 g/mol. The van der Waals surface area contributed by atoms with E-state index >= 15 is 0 Å². The molecule has 5 heteroatoms. The van der Waals surface area contributed by atoms with Crippen LogP contribution in [-0.4, -0.2) is 30.3 Å². The van der Waals surface area contributed by atoms with Crippen LogP contribution >= 0.6 is 11.6 Å². The molecular weight excluding hydrogens is 242 g/mol. The number of aryl methyl sites for hydroxylation is 1. The maximum atomic E-state index is 11.4. The van der Waals surface area contributed by atoms with Gasteiger partial charge in [0, 0.05) is 6.04 Å². The third-order valence-electron chi connectivity index (χ3n) is 2.19. The molecule has 1 unspecified atom stereocenters. The Balaban J connectivity index is 2.53. The summed E-state index contributed by atoms with van der Waals surface area (Å²) < 4.78 is 5.35. The summed E-state index contributed by atoms with van der Waals surface area (Å²) >= 11 is 5.95. The molecule has 1 aromatic carbocycles. The number of benzene rings is 1. The zero-order valence-electron chi connectivity index (χ0n) is 9.87. The third kappa shape index (κ3) is 4.24. The lowest BCUT2D eigenvalue weighted by Gasteiger charge is -2.13. The molecule has 94 valence electrons. The second kappa shape index (κ2) is 6.47. The zero-order valence-corrected chi connectivity index (χ0v) is 10.6. The molecule has 1 rings (SSSR count). The number of aliphatic hydroxyl groups is 1. The Morgan fingerprint density at radius 3 is 2.88 bits per heavy atom. The van der Waals surface area contributed by atoms with E-state index in [9.17, 15) is 4.79 Å². The van der Waals surface area contributed by atoms with Crippen molar-refractivity contribution in [2.75, 3.05) is 13.2 Å². The smallest absolute Gasteiger partial charge is 0.258 e. The normalized spacial score (nSPS) is 12.0. The minimum absolute atomic E-state index is 0.100. The number of nitrogens with one attached hydrogen (secondary N) is 1. The van der Waals surface area contributed by atoms with Crippen molar-refractivity contribution in [2.45, 2.75) is 19.9 Å². The van der Waals surface area contributed by atoms with Gasteiger partial charge in [-0.25, -0.2) is 0 Å². The number of halogens is 1. The van der Waals surface area contributed by atoms with Gasteiger partial charge in [-0.2, -0.15) is 0 Å². The zero-order chi connectivity index (χ0) is 12.8. The van der Waals surface area contributed by atoms with E-state index in [0.717, 1.165) is 5.56 Å². The number of amides is 1. The first kappa shape index (κ1) is 13.8. The Morgan fingerprint density at radius 1 is 1.59 bits per heavy atom. The minimum Gasteiger partial charge on any atom is -0.482 e. The molecular formula is C12H16ClNO3. The van der Waals surface area contributed by atoms with Gasteiger partial charge in [-0.3, -0.25) is 4.79 Å². The summed E-state index contributed by atoms with van der Waals surface area (Å²) in [5.41, 5.74) is 0.875. The number of aliphatic hydroxyl groups excluding tert-OH is 1. The highest BCUT2D eigenvalue weighted by Gasteiger charge is 2.09. The van der Waals surface area contributed by atoms with E-state index in [1.165, 1.54) is 0 Å². The lowest BCUT2D eigenvalue weighted by Crippen LogP contribution is -2.38. The van der Waals surface area contributed by atoms with Crippen LogP contribution in [0, 0.1) is 6.92 Å². The second-order valence-electron chi connectivity index (χ2n) is 3.83. The van der Waals surface area contributed by atoms with Crippen LogP contribution in [-0.2, 0) is 4.79 Å². The lowest BCUT2D eigenvalue weighted by atomic mass is 10.2. The molecule has 1 aromatic rings. The average Bonchev–Trinajstić information content (AvgIpc) is 2.28. The van der Waals surface area contributed by atoms with Crippen molar-refractivity contribution in [3.63, 3.8) is 0 Å². The molecule has 0 aliphatic heterocycles. The fraction of sp³-hybridized carbons (Fsp3) is 0.417. The van der Waals surface area contributed by atoms with Crippen molar-refractivity contribution in [3.05, 3.63) is 28.8 Å². The number of para-hydroxylation sites is 1. The number of hydrogen-bond acceptors (Lipinski definition) is 3. The molecule has 2 N–H and O–H groups in total. The van der Waals surface area contributed by atoms with E-state index in [1.54, 1.807) is 13.0 Å². The Kier molecular flexibility index (Phi) is 5.25. The first-order valence-corrected chi connectivity index (χ1v) is 5.70. The Labute approximate surface area is 106 Å². The standard InChI is InChI=1S/C12H16ClNO3/c1-8-4-3-5-10(13)12(8)17-7-11(16)14-9(2)6-15/h3-5,9,15H,6-7H2,1-2H3,(H,14,16). The van der Waals surface area contributed by atoms with Crippen molar-refractivity contribution in [1.29, 1.82) is 0 Å². The summed E-state index contributed by atoms with van der Waals surface area (Å²) in [5, 5.41) is 11.8. The summed E-state index contributed by atoms with van der Waals surface area (Å²) in [6.07, 6.45) is 0. The first-order valence-electron chi connectivity index (χ1n) is 5.32. The van der Waals surface area contributed by atoms with Crippen molar-refractivity contribution >= 4 is 17.5 Å². The Bertz CT molecular complexity index is 375. The van der Waals surface area contributed by atoms with Gasteiger partial charge < -0.3 is 15.2 Å². The molecule has 0 aromatic heterocycles. The van der Waals surface area contributed by atoms with Crippen LogP contribution in [0.25, 0.3) is 0 Å². The number of carbonyl (C=O) groups is 1. The van der Waals surface area contributed by atoms with Crippen LogP contribution in [0.4, 0.5) is 0 Å². The van der Waals surface area contributed by atoms with Crippen molar-refractivity contribution in [3.8, 4) is 5.75 Å². The molecule has 1 amide bonds. The SMILES string of the molecule is Cc1cccc(Cl)c1OCC(=O)NC(C)CO. The van der Waals surface area contributed by atoms with E-state index in [0.29, 0.717) is 10.8 Å². The van der Waals surface area contributed by atoms with Gasteiger partial charge in [-0.1, -0.05) is 23.7 Å². The maximum absolute atomic E-state index is 11.4.